The normalized spacial score (nSPS) is 13.4. The lowest BCUT2D eigenvalue weighted by molar-refractivity contribution is -0.140. The Morgan fingerprint density at radius 3 is 2.08 bits per heavy atom. The Kier molecular flexibility index (Phi) is 9.99. The van der Waals surface area contributed by atoms with Crippen LogP contribution >= 0.6 is 0 Å². The molecule has 3 unspecified atom stereocenters. The molecule has 0 radical (unpaired) electrons. The summed E-state index contributed by atoms with van der Waals surface area (Å²) in [5.74, 6) is -1.45. The smallest absolute Gasteiger partial charge is 0.325 e. The maximum atomic E-state index is 13.5. The first kappa shape index (κ1) is 27.2. The second kappa shape index (κ2) is 13.6. The first-order valence-corrected chi connectivity index (χ1v) is 11.8. The molecule has 0 aliphatic carbocycles. The third-order valence-corrected chi connectivity index (χ3v) is 5.77. The van der Waals surface area contributed by atoms with Crippen LogP contribution in [-0.4, -0.2) is 49.1 Å². The van der Waals surface area contributed by atoms with Crippen LogP contribution in [0.1, 0.15) is 22.7 Å². The fourth-order valence-electron chi connectivity index (χ4n) is 3.77. The summed E-state index contributed by atoms with van der Waals surface area (Å²) >= 11 is 0. The van der Waals surface area contributed by atoms with Gasteiger partial charge in [0.15, 0.2) is 0 Å². The first-order chi connectivity index (χ1) is 17.9. The van der Waals surface area contributed by atoms with Crippen LogP contribution in [0.25, 0.3) is 6.08 Å². The number of methoxy groups -OCH3 is 1. The minimum Gasteiger partial charge on any atom is -0.497 e. The molecule has 3 atom stereocenters. The molecule has 0 aliphatic heterocycles. The monoisotopic (exact) mass is 501 g/mol. The quantitative estimate of drug-likeness (QED) is 0.303. The highest BCUT2D eigenvalue weighted by atomic mass is 16.5. The molecule has 37 heavy (non-hydrogen) atoms. The van der Waals surface area contributed by atoms with Gasteiger partial charge in [-0.25, -0.2) is 0 Å². The zero-order chi connectivity index (χ0) is 26.6. The number of carboxylic acids is 1. The van der Waals surface area contributed by atoms with Crippen molar-refractivity contribution in [1.29, 1.82) is 0 Å². The summed E-state index contributed by atoms with van der Waals surface area (Å²) in [7, 11) is 3.02. The Morgan fingerprint density at radius 1 is 0.892 bits per heavy atom. The molecular formula is C29H31N3O5. The standard InChI is InChI=1S/C29H31N3O5/c1-30-27(33)25(19-21-11-7-4-8-12-21)32-28(34)24(18-13-20-9-5-3-6-10-20)31-26(29(35)36)22-14-16-23(37-2)17-15-22/h3-18,24-26,31H,19H2,1-2H3,(H,30,33)(H,32,34)(H,35,36)/b18-13+. The number of carbonyl (C=O) groups excluding carboxylic acids is 2. The molecule has 0 aliphatic rings. The van der Waals surface area contributed by atoms with Crippen LogP contribution in [0.15, 0.2) is 91.0 Å². The van der Waals surface area contributed by atoms with E-state index in [4.69, 9.17) is 4.74 Å². The first-order valence-electron chi connectivity index (χ1n) is 11.8. The summed E-state index contributed by atoms with van der Waals surface area (Å²) in [6.07, 6.45) is 3.60. The molecule has 0 saturated carbocycles. The fraction of sp³-hybridized carbons (Fsp3) is 0.207. The molecular weight excluding hydrogens is 470 g/mol. The van der Waals surface area contributed by atoms with Gasteiger partial charge >= 0.3 is 5.97 Å². The van der Waals surface area contributed by atoms with E-state index in [9.17, 15) is 19.5 Å². The van der Waals surface area contributed by atoms with Gasteiger partial charge in [-0.05, 0) is 28.8 Å². The summed E-state index contributed by atoms with van der Waals surface area (Å²) in [6.45, 7) is 0. The molecule has 0 saturated heterocycles. The van der Waals surface area contributed by atoms with Crippen molar-refractivity contribution in [2.75, 3.05) is 14.2 Å². The van der Waals surface area contributed by atoms with Crippen LogP contribution in [0.2, 0.25) is 0 Å². The molecule has 3 aromatic carbocycles. The van der Waals surface area contributed by atoms with E-state index < -0.39 is 30.0 Å². The second-order valence-corrected chi connectivity index (χ2v) is 8.32. The number of rotatable bonds is 12. The maximum Gasteiger partial charge on any atom is 0.325 e. The summed E-state index contributed by atoms with van der Waals surface area (Å²) < 4.78 is 5.16. The highest BCUT2D eigenvalue weighted by Crippen LogP contribution is 2.19. The van der Waals surface area contributed by atoms with Crippen LogP contribution in [0.4, 0.5) is 0 Å². The van der Waals surface area contributed by atoms with Gasteiger partial charge in [-0.3, -0.25) is 19.7 Å². The molecule has 0 fully saturated rings. The van der Waals surface area contributed by atoms with E-state index in [1.807, 2.05) is 60.7 Å². The fourth-order valence-corrected chi connectivity index (χ4v) is 3.77. The summed E-state index contributed by atoms with van der Waals surface area (Å²) in [5.41, 5.74) is 2.17. The Balaban J connectivity index is 1.88. The van der Waals surface area contributed by atoms with E-state index in [1.165, 1.54) is 14.2 Å². The lowest BCUT2D eigenvalue weighted by Crippen LogP contribution is -2.53. The largest absolute Gasteiger partial charge is 0.497 e. The molecule has 8 heteroatoms. The third kappa shape index (κ3) is 8.05. The van der Waals surface area contributed by atoms with Crippen LogP contribution in [0.5, 0.6) is 5.75 Å². The highest BCUT2D eigenvalue weighted by Gasteiger charge is 2.29. The lowest BCUT2D eigenvalue weighted by atomic mass is 10.0. The van der Waals surface area contributed by atoms with E-state index in [0.29, 0.717) is 11.3 Å². The molecule has 3 aromatic rings. The van der Waals surface area contributed by atoms with Gasteiger partial charge in [0, 0.05) is 13.5 Å². The number of likely N-dealkylation sites (N-methyl/N-ethyl adjacent to an activating group) is 1. The molecule has 0 bridgehead atoms. The predicted molar refractivity (Wildman–Crippen MR) is 142 cm³/mol. The molecule has 2 amide bonds. The van der Waals surface area contributed by atoms with Crippen molar-refractivity contribution >= 4 is 23.9 Å². The predicted octanol–water partition coefficient (Wildman–Crippen LogP) is 2.97. The van der Waals surface area contributed by atoms with Crippen molar-refractivity contribution in [2.45, 2.75) is 24.5 Å². The SMILES string of the molecule is CNC(=O)C(Cc1ccccc1)NC(=O)C(/C=C/c1ccccc1)NC(C(=O)O)c1ccc(OC)cc1. The average molecular weight is 502 g/mol. The Bertz CT molecular complexity index is 1200. The van der Waals surface area contributed by atoms with E-state index >= 15 is 0 Å². The van der Waals surface area contributed by atoms with Gasteiger partial charge in [-0.1, -0.05) is 84.9 Å². The molecule has 8 nitrogen and oxygen atoms in total. The summed E-state index contributed by atoms with van der Waals surface area (Å²) in [4.78, 5) is 38.2. The number of nitrogens with one attached hydrogen (secondary N) is 3. The van der Waals surface area contributed by atoms with Gasteiger partial charge in [-0.15, -0.1) is 0 Å². The van der Waals surface area contributed by atoms with Gasteiger partial charge in [0.25, 0.3) is 0 Å². The maximum absolute atomic E-state index is 13.5. The number of hydrogen-bond donors (Lipinski definition) is 4. The second-order valence-electron chi connectivity index (χ2n) is 8.32. The number of hydrogen-bond acceptors (Lipinski definition) is 5. The number of benzene rings is 3. The number of aliphatic carboxylic acids is 1. The topological polar surface area (TPSA) is 117 Å². The van der Waals surface area contributed by atoms with Crippen LogP contribution < -0.4 is 20.7 Å². The van der Waals surface area contributed by atoms with E-state index in [-0.39, 0.29) is 12.3 Å². The number of ether oxygens (including phenoxy) is 1. The van der Waals surface area contributed by atoms with Gasteiger partial charge < -0.3 is 20.5 Å². The van der Waals surface area contributed by atoms with Gasteiger partial charge in [0.1, 0.15) is 23.9 Å². The molecule has 3 rings (SSSR count). The number of amides is 2. The van der Waals surface area contributed by atoms with Gasteiger partial charge in [-0.2, -0.15) is 0 Å². The molecule has 4 N–H and O–H groups in total. The minimum atomic E-state index is -1.19. The van der Waals surface area contributed by atoms with E-state index in [1.54, 1.807) is 36.4 Å². The van der Waals surface area contributed by atoms with Crippen LogP contribution in [0.3, 0.4) is 0 Å². The van der Waals surface area contributed by atoms with E-state index in [0.717, 1.165) is 11.1 Å². The summed E-state index contributed by atoms with van der Waals surface area (Å²) in [6, 6.07) is 22.2. The van der Waals surface area contributed by atoms with Gasteiger partial charge in [0.2, 0.25) is 11.8 Å². The zero-order valence-corrected chi connectivity index (χ0v) is 20.8. The molecule has 192 valence electrons. The van der Waals surface area contributed by atoms with Crippen molar-refractivity contribution in [1.82, 2.24) is 16.0 Å². The van der Waals surface area contributed by atoms with Crippen molar-refractivity contribution in [3.8, 4) is 5.75 Å². The minimum absolute atomic E-state index is 0.280. The average Bonchev–Trinajstić information content (AvgIpc) is 2.93. The van der Waals surface area contributed by atoms with Crippen LogP contribution in [0, 0.1) is 0 Å². The molecule has 0 spiro atoms. The Morgan fingerprint density at radius 2 is 1.51 bits per heavy atom. The van der Waals surface area contributed by atoms with Crippen molar-refractivity contribution in [3.05, 3.63) is 108 Å². The lowest BCUT2D eigenvalue weighted by Gasteiger charge is -2.24. The van der Waals surface area contributed by atoms with Crippen LogP contribution in [-0.2, 0) is 20.8 Å². The highest BCUT2D eigenvalue weighted by molar-refractivity contribution is 5.91. The number of carboxylic acid groups (broad SMARTS) is 1. The third-order valence-electron chi connectivity index (χ3n) is 5.77. The van der Waals surface area contributed by atoms with E-state index in [2.05, 4.69) is 16.0 Å². The van der Waals surface area contributed by atoms with Gasteiger partial charge in [0.05, 0.1) is 7.11 Å². The Labute approximate surface area is 216 Å². The van der Waals surface area contributed by atoms with Crippen molar-refractivity contribution in [2.24, 2.45) is 0 Å². The molecule has 0 heterocycles. The van der Waals surface area contributed by atoms with Crippen molar-refractivity contribution in [3.63, 3.8) is 0 Å². The van der Waals surface area contributed by atoms with Crippen molar-refractivity contribution < 1.29 is 24.2 Å². The molecule has 0 aromatic heterocycles. The summed E-state index contributed by atoms with van der Waals surface area (Å²) in [5, 5.41) is 18.3. The zero-order valence-electron chi connectivity index (χ0n) is 20.8. The number of carbonyl (C=O) groups is 3. The Hall–Kier alpha value is -4.43.